The van der Waals surface area contributed by atoms with Crippen LogP contribution < -0.4 is 0 Å². The number of likely N-dealkylation sites (tertiary alicyclic amines) is 1. The summed E-state index contributed by atoms with van der Waals surface area (Å²) in [7, 11) is 0. The molecule has 2 heterocycles. The van der Waals surface area contributed by atoms with Crippen LogP contribution >= 0.6 is 11.6 Å². The second-order valence-corrected chi connectivity index (χ2v) is 8.32. The van der Waals surface area contributed by atoms with Gasteiger partial charge in [0.25, 0.3) is 0 Å². The van der Waals surface area contributed by atoms with Crippen molar-refractivity contribution in [3.05, 3.63) is 70.2 Å². The van der Waals surface area contributed by atoms with Crippen molar-refractivity contribution < 1.29 is 4.79 Å². The lowest BCUT2D eigenvalue weighted by Gasteiger charge is -2.34. The highest BCUT2D eigenvalue weighted by Crippen LogP contribution is 2.25. The van der Waals surface area contributed by atoms with Crippen LogP contribution in [0, 0.1) is 5.92 Å². The third kappa shape index (κ3) is 4.72. The van der Waals surface area contributed by atoms with Crippen LogP contribution in [-0.2, 0) is 24.3 Å². The Hall–Kier alpha value is -1.84. The third-order valence-electron chi connectivity index (χ3n) is 5.97. The molecule has 4 heteroatoms. The first kappa shape index (κ1) is 18.5. The monoisotopic (exact) mass is 382 g/mol. The average Bonchev–Trinajstić information content (AvgIpc) is 2.71. The fourth-order valence-electron chi connectivity index (χ4n) is 4.28. The van der Waals surface area contributed by atoms with Gasteiger partial charge in [0.2, 0.25) is 5.91 Å². The molecule has 0 unspecified atom stereocenters. The van der Waals surface area contributed by atoms with Crippen molar-refractivity contribution in [2.45, 2.75) is 38.8 Å². The summed E-state index contributed by atoms with van der Waals surface area (Å²) in [5, 5.41) is 0.788. The molecular formula is C23H27ClN2O. The Morgan fingerprint density at radius 2 is 1.67 bits per heavy atom. The van der Waals surface area contributed by atoms with Crippen LogP contribution in [0.5, 0.6) is 0 Å². The number of amides is 1. The van der Waals surface area contributed by atoms with E-state index in [9.17, 15) is 4.79 Å². The predicted molar refractivity (Wildman–Crippen MR) is 110 cm³/mol. The predicted octanol–water partition coefficient (Wildman–Crippen LogP) is 4.53. The molecule has 0 atom stereocenters. The van der Waals surface area contributed by atoms with Gasteiger partial charge in [-0.3, -0.25) is 9.69 Å². The van der Waals surface area contributed by atoms with Gasteiger partial charge >= 0.3 is 0 Å². The molecule has 0 spiro atoms. The summed E-state index contributed by atoms with van der Waals surface area (Å²) >= 11 is 5.96. The van der Waals surface area contributed by atoms with Crippen LogP contribution in [0.3, 0.4) is 0 Å². The molecule has 2 aliphatic rings. The summed E-state index contributed by atoms with van der Waals surface area (Å²) in [4.78, 5) is 17.3. The van der Waals surface area contributed by atoms with Crippen LogP contribution in [0.2, 0.25) is 5.02 Å². The van der Waals surface area contributed by atoms with Crippen LogP contribution in [0.4, 0.5) is 0 Å². The SMILES string of the molecule is O=C(CC1CCN(Cc2ccc(Cl)cc2)CC1)N1CCc2ccccc2C1. The molecular weight excluding hydrogens is 356 g/mol. The number of carbonyl (C=O) groups excluding carboxylic acids is 1. The van der Waals surface area contributed by atoms with Crippen molar-refractivity contribution in [2.75, 3.05) is 19.6 Å². The van der Waals surface area contributed by atoms with E-state index in [0.717, 1.165) is 57.0 Å². The molecule has 0 aliphatic carbocycles. The van der Waals surface area contributed by atoms with Gasteiger partial charge in [0.1, 0.15) is 0 Å². The lowest BCUT2D eigenvalue weighted by molar-refractivity contribution is -0.133. The van der Waals surface area contributed by atoms with Crippen LogP contribution in [-0.4, -0.2) is 35.3 Å². The van der Waals surface area contributed by atoms with E-state index >= 15 is 0 Å². The molecule has 1 fully saturated rings. The highest BCUT2D eigenvalue weighted by Gasteiger charge is 2.26. The molecule has 1 amide bonds. The zero-order chi connectivity index (χ0) is 18.6. The molecule has 2 aromatic carbocycles. The van der Waals surface area contributed by atoms with Gasteiger partial charge in [0.05, 0.1) is 0 Å². The molecule has 0 radical (unpaired) electrons. The lowest BCUT2D eigenvalue weighted by Crippen LogP contribution is -2.39. The highest BCUT2D eigenvalue weighted by molar-refractivity contribution is 6.30. The minimum atomic E-state index is 0.334. The van der Waals surface area contributed by atoms with Gasteiger partial charge in [-0.05, 0) is 67.1 Å². The first-order valence-corrected chi connectivity index (χ1v) is 10.4. The maximum Gasteiger partial charge on any atom is 0.223 e. The summed E-state index contributed by atoms with van der Waals surface area (Å²) in [6.07, 6.45) is 3.92. The standard InChI is InChI=1S/C23H27ClN2O/c24-22-7-5-19(6-8-22)16-25-12-9-18(10-13-25)15-23(27)26-14-11-20-3-1-2-4-21(20)17-26/h1-8,18H,9-17H2. The molecule has 0 aromatic heterocycles. The molecule has 4 rings (SSSR count). The number of hydrogen-bond donors (Lipinski definition) is 0. The van der Waals surface area contributed by atoms with Gasteiger partial charge in [-0.25, -0.2) is 0 Å². The lowest BCUT2D eigenvalue weighted by atomic mass is 9.92. The Balaban J connectivity index is 1.24. The minimum absolute atomic E-state index is 0.334. The van der Waals surface area contributed by atoms with Gasteiger partial charge < -0.3 is 4.90 Å². The van der Waals surface area contributed by atoms with Crippen molar-refractivity contribution in [3.63, 3.8) is 0 Å². The molecule has 27 heavy (non-hydrogen) atoms. The number of nitrogens with zero attached hydrogens (tertiary/aromatic N) is 2. The van der Waals surface area contributed by atoms with Crippen LogP contribution in [0.1, 0.15) is 36.0 Å². The van der Waals surface area contributed by atoms with Gasteiger partial charge in [-0.1, -0.05) is 48.0 Å². The summed E-state index contributed by atoms with van der Waals surface area (Å²) in [6, 6.07) is 16.6. The second kappa shape index (κ2) is 8.45. The van der Waals surface area contributed by atoms with Gasteiger partial charge in [-0.15, -0.1) is 0 Å². The Morgan fingerprint density at radius 3 is 2.41 bits per heavy atom. The van der Waals surface area contributed by atoms with E-state index in [2.05, 4.69) is 46.2 Å². The molecule has 2 aromatic rings. The Kier molecular flexibility index (Phi) is 5.80. The fraction of sp³-hybridized carbons (Fsp3) is 0.435. The molecule has 0 saturated carbocycles. The second-order valence-electron chi connectivity index (χ2n) is 7.88. The first-order valence-electron chi connectivity index (χ1n) is 9.99. The van der Waals surface area contributed by atoms with Gasteiger partial charge in [-0.2, -0.15) is 0 Å². The normalized spacial score (nSPS) is 18.3. The number of hydrogen-bond acceptors (Lipinski definition) is 2. The quantitative estimate of drug-likeness (QED) is 0.775. The van der Waals surface area contributed by atoms with Crippen LogP contribution in [0.25, 0.3) is 0 Å². The van der Waals surface area contributed by atoms with E-state index < -0.39 is 0 Å². The topological polar surface area (TPSA) is 23.6 Å². The van der Waals surface area contributed by atoms with Crippen LogP contribution in [0.15, 0.2) is 48.5 Å². The molecule has 0 N–H and O–H groups in total. The summed E-state index contributed by atoms with van der Waals surface area (Å²) in [5.41, 5.74) is 4.02. The van der Waals surface area contributed by atoms with E-state index in [1.807, 2.05) is 12.1 Å². The summed E-state index contributed by atoms with van der Waals surface area (Å²) in [6.45, 7) is 4.77. The largest absolute Gasteiger partial charge is 0.338 e. The summed E-state index contributed by atoms with van der Waals surface area (Å²) in [5.74, 6) is 0.858. The smallest absolute Gasteiger partial charge is 0.223 e. The Labute approximate surface area is 166 Å². The maximum absolute atomic E-state index is 12.8. The molecule has 1 saturated heterocycles. The zero-order valence-corrected chi connectivity index (χ0v) is 16.5. The minimum Gasteiger partial charge on any atom is -0.338 e. The zero-order valence-electron chi connectivity index (χ0n) is 15.7. The number of rotatable bonds is 4. The maximum atomic E-state index is 12.8. The van der Waals surface area contributed by atoms with Gasteiger partial charge in [0.15, 0.2) is 0 Å². The Morgan fingerprint density at radius 1 is 0.963 bits per heavy atom. The molecule has 0 bridgehead atoms. The third-order valence-corrected chi connectivity index (χ3v) is 6.23. The number of halogens is 1. The van der Waals surface area contributed by atoms with Crippen molar-refractivity contribution in [1.82, 2.24) is 9.80 Å². The fourth-order valence-corrected chi connectivity index (χ4v) is 4.41. The molecule has 3 nitrogen and oxygen atoms in total. The van der Waals surface area contributed by atoms with Gasteiger partial charge in [0, 0.05) is 31.1 Å². The molecule has 142 valence electrons. The average molecular weight is 383 g/mol. The van der Waals surface area contributed by atoms with E-state index in [4.69, 9.17) is 11.6 Å². The molecule has 2 aliphatic heterocycles. The number of fused-ring (bicyclic) bond motifs is 1. The first-order chi connectivity index (χ1) is 13.2. The van der Waals surface area contributed by atoms with E-state index in [0.29, 0.717) is 18.2 Å². The van der Waals surface area contributed by atoms with Crippen molar-refractivity contribution in [2.24, 2.45) is 5.92 Å². The Bertz CT molecular complexity index is 781. The van der Waals surface area contributed by atoms with Crippen molar-refractivity contribution in [3.8, 4) is 0 Å². The summed E-state index contributed by atoms with van der Waals surface area (Å²) < 4.78 is 0. The van der Waals surface area contributed by atoms with E-state index in [1.165, 1.54) is 16.7 Å². The number of benzene rings is 2. The van der Waals surface area contributed by atoms with E-state index in [-0.39, 0.29) is 0 Å². The van der Waals surface area contributed by atoms with Crippen molar-refractivity contribution >= 4 is 17.5 Å². The highest BCUT2D eigenvalue weighted by atomic mass is 35.5. The number of piperidine rings is 1. The van der Waals surface area contributed by atoms with E-state index in [1.54, 1.807) is 0 Å². The van der Waals surface area contributed by atoms with Crippen molar-refractivity contribution in [1.29, 1.82) is 0 Å². The number of carbonyl (C=O) groups is 1.